The van der Waals surface area contributed by atoms with E-state index in [1.54, 1.807) is 6.08 Å². The second-order valence-electron chi connectivity index (χ2n) is 0.651. The Balaban J connectivity index is 2.81. The third-order valence-corrected chi connectivity index (χ3v) is 2.40. The zero-order valence-electron chi connectivity index (χ0n) is 3.08. The van der Waals surface area contributed by atoms with Crippen LogP contribution >= 0.6 is 19.4 Å². The van der Waals surface area contributed by atoms with Crippen LogP contribution in [0.3, 0.4) is 0 Å². The van der Waals surface area contributed by atoms with E-state index in [-0.39, 0.29) is 0 Å². The normalized spacial score (nSPS) is 10.7. The van der Waals surface area contributed by atoms with Gasteiger partial charge in [0.2, 0.25) is 0 Å². The molecule has 3 heteroatoms. The van der Waals surface area contributed by atoms with Crippen LogP contribution in [0.1, 0.15) is 0 Å². The maximum absolute atomic E-state index is 5.40. The van der Waals surface area contributed by atoms with Crippen LogP contribution in [0.5, 0.6) is 0 Å². The number of allylic oxidation sites excluding steroid dienone is 1. The molecular formula is C3H5Cl2Rh. The van der Waals surface area contributed by atoms with Crippen molar-refractivity contribution in [3.63, 3.8) is 0 Å². The topological polar surface area (TPSA) is 0 Å². The Morgan fingerprint density at radius 3 is 2.17 bits per heavy atom. The van der Waals surface area contributed by atoms with Crippen LogP contribution in [-0.2, 0) is 14.0 Å². The molecule has 0 amide bonds. The van der Waals surface area contributed by atoms with Crippen molar-refractivity contribution in [2.75, 3.05) is 0 Å². The summed E-state index contributed by atoms with van der Waals surface area (Å²) < 4.78 is 0. The Bertz CT molecular complexity index is 44.1. The van der Waals surface area contributed by atoms with Gasteiger partial charge in [0.25, 0.3) is 0 Å². The standard InChI is InChI=1S/C3H5.2ClH.Rh/c1-3-2;;;/h3H,1-2H2;2*1H;/q;;;+2/p-2. The molecule has 0 rings (SSSR count). The predicted molar refractivity (Wildman–Crippen MR) is 26.7 cm³/mol. The SMILES string of the molecule is C=C[CH2][Rh]([Cl])[Cl]. The van der Waals surface area contributed by atoms with E-state index >= 15 is 0 Å². The van der Waals surface area contributed by atoms with Gasteiger partial charge in [0.1, 0.15) is 0 Å². The van der Waals surface area contributed by atoms with Gasteiger partial charge in [-0.2, -0.15) is 0 Å². The third kappa shape index (κ3) is 4.94. The van der Waals surface area contributed by atoms with E-state index in [4.69, 9.17) is 19.4 Å². The fraction of sp³-hybridized carbons (Fsp3) is 0.333. The van der Waals surface area contributed by atoms with Crippen molar-refractivity contribution in [1.29, 1.82) is 0 Å². The van der Waals surface area contributed by atoms with Crippen molar-refractivity contribution in [3.8, 4) is 0 Å². The Morgan fingerprint density at radius 2 is 2.17 bits per heavy atom. The Hall–Kier alpha value is 0.943. The fourth-order valence-electron chi connectivity index (χ4n) is 0.0727. The molecule has 0 N–H and O–H groups in total. The van der Waals surface area contributed by atoms with Gasteiger partial charge < -0.3 is 0 Å². The molecular weight excluding hydrogens is 210 g/mol. The number of hydrogen-bond donors (Lipinski definition) is 0. The van der Waals surface area contributed by atoms with Crippen molar-refractivity contribution in [2.45, 2.75) is 5.02 Å². The number of halogens is 2. The number of rotatable bonds is 2. The van der Waals surface area contributed by atoms with Gasteiger partial charge in [-0.25, -0.2) is 0 Å². The summed E-state index contributed by atoms with van der Waals surface area (Å²) in [6.07, 6.45) is 1.74. The molecule has 0 nitrogen and oxygen atoms in total. The summed E-state index contributed by atoms with van der Waals surface area (Å²) in [4.78, 5) is 0. The van der Waals surface area contributed by atoms with Gasteiger partial charge in [-0.1, -0.05) is 0 Å². The molecule has 0 atom stereocenters. The van der Waals surface area contributed by atoms with E-state index in [2.05, 4.69) is 6.58 Å². The fourth-order valence-corrected chi connectivity index (χ4v) is 1.29. The first-order valence-corrected chi connectivity index (χ1v) is 6.68. The molecule has 0 aliphatic rings. The van der Waals surface area contributed by atoms with Crippen LogP contribution in [0.25, 0.3) is 0 Å². The van der Waals surface area contributed by atoms with Gasteiger partial charge in [-0.05, 0) is 0 Å². The molecule has 0 spiro atoms. The molecule has 0 heterocycles. The van der Waals surface area contributed by atoms with Gasteiger partial charge in [-0.3, -0.25) is 0 Å². The van der Waals surface area contributed by atoms with E-state index in [0.29, 0.717) is 0 Å². The summed E-state index contributed by atoms with van der Waals surface area (Å²) in [6, 6.07) is 0. The van der Waals surface area contributed by atoms with Crippen molar-refractivity contribution in [1.82, 2.24) is 0 Å². The monoisotopic (exact) mass is 214 g/mol. The van der Waals surface area contributed by atoms with Gasteiger partial charge >= 0.3 is 51.0 Å². The first kappa shape index (κ1) is 6.94. The predicted octanol–water partition coefficient (Wildman–Crippen LogP) is 2.52. The summed E-state index contributed by atoms with van der Waals surface area (Å²) >= 11 is -1.28. The molecule has 0 aliphatic heterocycles. The van der Waals surface area contributed by atoms with E-state index in [0.717, 1.165) is 5.02 Å². The van der Waals surface area contributed by atoms with Gasteiger partial charge in [0.15, 0.2) is 0 Å². The molecule has 6 heavy (non-hydrogen) atoms. The summed E-state index contributed by atoms with van der Waals surface area (Å²) in [5.74, 6) is 0. The molecule has 0 aromatic heterocycles. The Kier molecular flexibility index (Phi) is 4.76. The van der Waals surface area contributed by atoms with Crippen molar-refractivity contribution >= 4 is 19.4 Å². The molecule has 0 saturated carbocycles. The van der Waals surface area contributed by atoms with E-state index in [9.17, 15) is 0 Å². The van der Waals surface area contributed by atoms with Crippen LogP contribution < -0.4 is 0 Å². The van der Waals surface area contributed by atoms with E-state index in [1.165, 1.54) is 0 Å². The van der Waals surface area contributed by atoms with Crippen LogP contribution in [-0.4, -0.2) is 0 Å². The maximum atomic E-state index is 5.40. The summed E-state index contributed by atoms with van der Waals surface area (Å²) in [5.41, 5.74) is 0. The van der Waals surface area contributed by atoms with Gasteiger partial charge in [0, 0.05) is 0 Å². The average Bonchev–Trinajstić information content (AvgIpc) is 1.35. The Morgan fingerprint density at radius 1 is 1.67 bits per heavy atom. The van der Waals surface area contributed by atoms with Gasteiger partial charge in [-0.15, -0.1) is 0 Å². The zero-order valence-corrected chi connectivity index (χ0v) is 6.23. The second-order valence-corrected chi connectivity index (χ2v) is 6.79. The summed E-state index contributed by atoms with van der Waals surface area (Å²) in [7, 11) is 10.8. The first-order valence-electron chi connectivity index (χ1n) is 1.30. The summed E-state index contributed by atoms with van der Waals surface area (Å²) in [5, 5.41) is 0.800. The van der Waals surface area contributed by atoms with Crippen molar-refractivity contribution < 1.29 is 14.0 Å². The van der Waals surface area contributed by atoms with Crippen molar-refractivity contribution in [3.05, 3.63) is 12.7 Å². The summed E-state index contributed by atoms with van der Waals surface area (Å²) in [6.45, 7) is 3.46. The molecule has 0 saturated heterocycles. The second kappa shape index (κ2) is 4.11. The van der Waals surface area contributed by atoms with Crippen molar-refractivity contribution in [2.24, 2.45) is 0 Å². The molecule has 0 radical (unpaired) electrons. The molecule has 40 valence electrons. The van der Waals surface area contributed by atoms with Crippen LogP contribution in [0.4, 0.5) is 0 Å². The number of hydrogen-bond acceptors (Lipinski definition) is 0. The molecule has 0 unspecified atom stereocenters. The van der Waals surface area contributed by atoms with E-state index in [1.807, 2.05) is 0 Å². The van der Waals surface area contributed by atoms with Crippen LogP contribution in [0.2, 0.25) is 5.02 Å². The quantitative estimate of drug-likeness (QED) is 0.490. The molecule has 0 aromatic carbocycles. The average molecular weight is 215 g/mol. The Labute approximate surface area is 51.1 Å². The van der Waals surface area contributed by atoms with Crippen LogP contribution in [0.15, 0.2) is 12.7 Å². The molecule has 0 aromatic rings. The van der Waals surface area contributed by atoms with Gasteiger partial charge in [0.05, 0.1) is 0 Å². The molecule has 0 bridgehead atoms. The third-order valence-electron chi connectivity index (χ3n) is 0.199. The van der Waals surface area contributed by atoms with Crippen LogP contribution in [0, 0.1) is 0 Å². The minimum atomic E-state index is -1.28. The minimum absolute atomic E-state index is 0.800. The molecule has 0 fully saturated rings. The molecule has 0 aliphatic carbocycles. The first-order chi connectivity index (χ1) is 2.77. The zero-order chi connectivity index (χ0) is 4.99. The van der Waals surface area contributed by atoms with E-state index < -0.39 is 14.0 Å².